The minimum absolute atomic E-state index is 0.468. The monoisotopic (exact) mass is 331 g/mol. The number of carbonyl (C=O) groups excluding carboxylic acids is 1. The molecule has 0 saturated heterocycles. The van der Waals surface area contributed by atoms with Crippen LogP contribution in [0.1, 0.15) is 15.9 Å². The summed E-state index contributed by atoms with van der Waals surface area (Å²) in [4.78, 5) is 10.7. The van der Waals surface area contributed by atoms with Crippen molar-refractivity contribution in [3.8, 4) is 23.3 Å². The molecule has 0 saturated carbocycles. The predicted molar refractivity (Wildman–Crippen MR) is 77.3 cm³/mol. The number of carbonyl (C=O) groups is 1. The van der Waals surface area contributed by atoms with Crippen LogP contribution in [0, 0.1) is 11.3 Å². The number of aldehydes is 1. The highest BCUT2D eigenvalue weighted by atomic mass is 79.9. The second kappa shape index (κ2) is 6.22. The van der Waals surface area contributed by atoms with Gasteiger partial charge in [0.2, 0.25) is 0 Å². The first-order valence-corrected chi connectivity index (χ1v) is 6.48. The number of methoxy groups -OCH3 is 1. The van der Waals surface area contributed by atoms with E-state index in [1.807, 2.05) is 6.07 Å². The van der Waals surface area contributed by atoms with Gasteiger partial charge in [0, 0.05) is 11.6 Å². The Morgan fingerprint density at radius 2 is 1.90 bits per heavy atom. The molecule has 0 aromatic heterocycles. The molecule has 5 heteroatoms. The zero-order valence-electron chi connectivity index (χ0n) is 10.6. The van der Waals surface area contributed by atoms with E-state index >= 15 is 0 Å². The van der Waals surface area contributed by atoms with Crippen molar-refractivity contribution in [2.75, 3.05) is 7.11 Å². The third-order valence-electron chi connectivity index (χ3n) is 2.60. The molecule has 100 valence electrons. The summed E-state index contributed by atoms with van der Waals surface area (Å²) in [6.07, 6.45) is 0.761. The highest BCUT2D eigenvalue weighted by molar-refractivity contribution is 9.10. The lowest BCUT2D eigenvalue weighted by Crippen LogP contribution is -1.92. The summed E-state index contributed by atoms with van der Waals surface area (Å²) in [6.45, 7) is 0. The lowest BCUT2D eigenvalue weighted by Gasteiger charge is -2.11. The van der Waals surface area contributed by atoms with Gasteiger partial charge in [-0.3, -0.25) is 4.79 Å². The smallest absolute Gasteiger partial charge is 0.169 e. The Hall–Kier alpha value is -2.32. The van der Waals surface area contributed by atoms with Crippen molar-refractivity contribution < 1.29 is 14.3 Å². The molecule has 0 spiro atoms. The number of hydrogen-bond donors (Lipinski definition) is 0. The van der Waals surface area contributed by atoms with Gasteiger partial charge in [-0.2, -0.15) is 5.26 Å². The molecule has 0 unspecified atom stereocenters. The standard InChI is InChI=1S/C15H10BrNO3/c1-19-15-7-10(8-17)2-5-14(15)20-13-4-3-11(9-18)6-12(13)16/h2-7,9H,1H3. The number of hydrogen-bond acceptors (Lipinski definition) is 4. The molecule has 0 aliphatic rings. The number of halogens is 1. The zero-order chi connectivity index (χ0) is 14.5. The average Bonchev–Trinajstić information content (AvgIpc) is 2.49. The van der Waals surface area contributed by atoms with E-state index in [1.54, 1.807) is 36.4 Å². The quantitative estimate of drug-likeness (QED) is 0.796. The number of nitrogens with zero attached hydrogens (tertiary/aromatic N) is 1. The first-order valence-electron chi connectivity index (χ1n) is 5.68. The van der Waals surface area contributed by atoms with Gasteiger partial charge in [0.1, 0.15) is 12.0 Å². The Morgan fingerprint density at radius 3 is 2.50 bits per heavy atom. The summed E-state index contributed by atoms with van der Waals surface area (Å²) < 4.78 is 11.6. The molecule has 2 aromatic carbocycles. The molecule has 0 fully saturated rings. The van der Waals surface area contributed by atoms with Crippen molar-refractivity contribution in [1.29, 1.82) is 5.26 Å². The average molecular weight is 332 g/mol. The van der Waals surface area contributed by atoms with Gasteiger partial charge in [-0.25, -0.2) is 0 Å². The second-order valence-electron chi connectivity index (χ2n) is 3.89. The zero-order valence-corrected chi connectivity index (χ0v) is 12.2. The minimum atomic E-state index is 0.468. The van der Waals surface area contributed by atoms with Crippen molar-refractivity contribution in [2.45, 2.75) is 0 Å². The van der Waals surface area contributed by atoms with Crippen LogP contribution in [-0.2, 0) is 0 Å². The summed E-state index contributed by atoms with van der Waals surface area (Å²) in [5, 5.41) is 8.85. The Bertz CT molecular complexity index is 692. The molecule has 0 heterocycles. The first kappa shape index (κ1) is 14.1. The Kier molecular flexibility index (Phi) is 4.38. The molecule has 0 bridgehead atoms. The van der Waals surface area contributed by atoms with Gasteiger partial charge in [0.05, 0.1) is 23.2 Å². The highest BCUT2D eigenvalue weighted by Crippen LogP contribution is 2.35. The van der Waals surface area contributed by atoms with E-state index in [1.165, 1.54) is 7.11 Å². The Morgan fingerprint density at radius 1 is 1.15 bits per heavy atom. The highest BCUT2D eigenvalue weighted by Gasteiger charge is 2.09. The SMILES string of the molecule is COc1cc(C#N)ccc1Oc1ccc(C=O)cc1Br. The van der Waals surface area contributed by atoms with E-state index in [9.17, 15) is 4.79 Å². The molecule has 0 aliphatic heterocycles. The summed E-state index contributed by atoms with van der Waals surface area (Å²) in [7, 11) is 1.51. The molecular formula is C15H10BrNO3. The van der Waals surface area contributed by atoms with Crippen LogP contribution in [0.25, 0.3) is 0 Å². The van der Waals surface area contributed by atoms with E-state index in [-0.39, 0.29) is 0 Å². The molecule has 0 atom stereocenters. The number of nitriles is 1. The Labute approximate surface area is 124 Å². The maximum absolute atomic E-state index is 10.7. The summed E-state index contributed by atoms with van der Waals surface area (Å²) in [6, 6.07) is 12.0. The van der Waals surface area contributed by atoms with Crippen LogP contribution >= 0.6 is 15.9 Å². The number of ether oxygens (including phenoxy) is 2. The molecule has 4 nitrogen and oxygen atoms in total. The fourth-order valence-corrected chi connectivity index (χ4v) is 2.09. The molecule has 0 N–H and O–H groups in total. The van der Waals surface area contributed by atoms with Crippen LogP contribution in [0.15, 0.2) is 40.9 Å². The predicted octanol–water partition coefficient (Wildman–Crippen LogP) is 3.93. The van der Waals surface area contributed by atoms with Crippen LogP contribution in [0.4, 0.5) is 0 Å². The molecule has 2 aromatic rings. The molecule has 2 rings (SSSR count). The molecule has 0 amide bonds. The van der Waals surface area contributed by atoms with Crippen molar-refractivity contribution >= 4 is 22.2 Å². The lowest BCUT2D eigenvalue weighted by molar-refractivity contribution is 0.112. The summed E-state index contributed by atoms with van der Waals surface area (Å²) >= 11 is 3.34. The number of rotatable bonds is 4. The first-order chi connectivity index (χ1) is 9.67. The third kappa shape index (κ3) is 2.98. The maximum atomic E-state index is 10.7. The van der Waals surface area contributed by atoms with Gasteiger partial charge in [-0.1, -0.05) is 0 Å². The molecule has 20 heavy (non-hydrogen) atoms. The fraction of sp³-hybridized carbons (Fsp3) is 0.0667. The van der Waals surface area contributed by atoms with Crippen molar-refractivity contribution in [2.24, 2.45) is 0 Å². The molecule has 0 aliphatic carbocycles. The third-order valence-corrected chi connectivity index (χ3v) is 3.22. The van der Waals surface area contributed by atoms with Gasteiger partial charge in [0.25, 0.3) is 0 Å². The van der Waals surface area contributed by atoms with E-state index in [0.29, 0.717) is 32.8 Å². The second-order valence-corrected chi connectivity index (χ2v) is 4.74. The van der Waals surface area contributed by atoms with E-state index in [2.05, 4.69) is 15.9 Å². The van der Waals surface area contributed by atoms with Gasteiger partial charge in [-0.05, 0) is 46.3 Å². The normalized spacial score (nSPS) is 9.65. The summed E-state index contributed by atoms with van der Waals surface area (Å²) in [5.74, 6) is 1.51. The van der Waals surface area contributed by atoms with E-state index in [4.69, 9.17) is 14.7 Å². The number of benzene rings is 2. The van der Waals surface area contributed by atoms with E-state index in [0.717, 1.165) is 6.29 Å². The van der Waals surface area contributed by atoms with Crippen LogP contribution in [0.5, 0.6) is 17.2 Å². The Balaban J connectivity index is 2.35. The van der Waals surface area contributed by atoms with Gasteiger partial charge in [-0.15, -0.1) is 0 Å². The van der Waals surface area contributed by atoms with Gasteiger partial charge >= 0.3 is 0 Å². The lowest BCUT2D eigenvalue weighted by atomic mass is 10.2. The summed E-state index contributed by atoms with van der Waals surface area (Å²) in [5.41, 5.74) is 1.04. The van der Waals surface area contributed by atoms with Crippen LogP contribution in [0.2, 0.25) is 0 Å². The van der Waals surface area contributed by atoms with Crippen LogP contribution < -0.4 is 9.47 Å². The largest absolute Gasteiger partial charge is 0.493 e. The van der Waals surface area contributed by atoms with Crippen molar-refractivity contribution in [3.05, 3.63) is 52.0 Å². The van der Waals surface area contributed by atoms with E-state index < -0.39 is 0 Å². The van der Waals surface area contributed by atoms with Gasteiger partial charge < -0.3 is 9.47 Å². The van der Waals surface area contributed by atoms with Crippen molar-refractivity contribution in [3.63, 3.8) is 0 Å². The van der Waals surface area contributed by atoms with Crippen LogP contribution in [-0.4, -0.2) is 13.4 Å². The fourth-order valence-electron chi connectivity index (χ4n) is 1.61. The topological polar surface area (TPSA) is 59.3 Å². The molecule has 0 radical (unpaired) electrons. The maximum Gasteiger partial charge on any atom is 0.169 e. The van der Waals surface area contributed by atoms with Crippen molar-refractivity contribution in [1.82, 2.24) is 0 Å². The van der Waals surface area contributed by atoms with Gasteiger partial charge in [0.15, 0.2) is 11.5 Å². The van der Waals surface area contributed by atoms with Crippen LogP contribution in [0.3, 0.4) is 0 Å². The minimum Gasteiger partial charge on any atom is -0.493 e. The molecular weight excluding hydrogens is 322 g/mol.